The topological polar surface area (TPSA) is 229 Å². The number of likely N-dealkylation sites (tertiary alicyclic amines) is 1. The Morgan fingerprint density at radius 2 is 1.68 bits per heavy atom. The van der Waals surface area contributed by atoms with Crippen molar-refractivity contribution in [1.82, 2.24) is 4.90 Å². The van der Waals surface area contributed by atoms with Crippen molar-refractivity contribution in [3.8, 4) is 17.2 Å². The van der Waals surface area contributed by atoms with Crippen LogP contribution in [0.2, 0.25) is 0 Å². The number of ketones is 1. The zero-order chi connectivity index (χ0) is 45.8. The van der Waals surface area contributed by atoms with E-state index in [1.165, 1.54) is 72.3 Å². The number of anilines is 1. The largest absolute Gasteiger partial charge is 0.507 e. The second-order valence-corrected chi connectivity index (χ2v) is 18.3. The van der Waals surface area contributed by atoms with Crippen LogP contribution in [0.1, 0.15) is 91.1 Å². The van der Waals surface area contributed by atoms with E-state index in [-0.39, 0.29) is 43.9 Å². The molecule has 4 aliphatic rings. The summed E-state index contributed by atoms with van der Waals surface area (Å²) in [5.74, 6) is -6.87. The maximum Gasteiger partial charge on any atom is 0.312 e. The molecular formula is C46H62N4O12. The van der Waals surface area contributed by atoms with Gasteiger partial charge in [-0.25, -0.2) is 4.99 Å². The fourth-order valence-corrected chi connectivity index (χ4v) is 9.27. The van der Waals surface area contributed by atoms with Crippen molar-refractivity contribution in [3.05, 3.63) is 58.0 Å². The van der Waals surface area contributed by atoms with Crippen LogP contribution >= 0.6 is 0 Å². The molecule has 2 aromatic carbocycles. The second-order valence-electron chi connectivity index (χ2n) is 18.3. The van der Waals surface area contributed by atoms with E-state index in [1.54, 1.807) is 20.8 Å². The SMILES string of the molecule is COC1/C=C/OC2(C)Oc3c(C)c(O)c4c(O)c(c5c(c4c3C2=O)NC2(CCN(CC(C)C)CC2)N=5)=NC(=O)/C(C)=C\C=C\C(C)(O)C(O)C(C)C(O)C(C)C(OC(C)=O)C1C. The number of nitrogens with zero attached hydrogens (tertiary/aromatic N) is 3. The molecular weight excluding hydrogens is 801 g/mol. The van der Waals surface area contributed by atoms with Crippen LogP contribution < -0.4 is 20.8 Å². The Labute approximate surface area is 361 Å². The third-order valence-electron chi connectivity index (χ3n) is 13.0. The van der Waals surface area contributed by atoms with Gasteiger partial charge in [-0.15, -0.1) is 0 Å². The zero-order valence-corrected chi connectivity index (χ0v) is 37.5. The lowest BCUT2D eigenvalue weighted by Gasteiger charge is -2.39. The maximum absolute atomic E-state index is 14.7. The molecule has 0 aromatic heterocycles. The van der Waals surface area contributed by atoms with Gasteiger partial charge >= 0.3 is 11.8 Å². The quantitative estimate of drug-likeness (QED) is 0.190. The van der Waals surface area contributed by atoms with Gasteiger partial charge in [0.25, 0.3) is 11.7 Å². The van der Waals surface area contributed by atoms with Crippen LogP contribution in [0.15, 0.2) is 46.1 Å². The number of Topliss-reactive ketones (excluding diaryl/α,β-unsaturated/α-hetero) is 1. The Bertz CT molecular complexity index is 2350. The molecule has 16 heteroatoms. The highest BCUT2D eigenvalue weighted by molar-refractivity contribution is 6.21. The van der Waals surface area contributed by atoms with Crippen LogP contribution in [0.25, 0.3) is 10.8 Å². The number of fused-ring (bicyclic) bond motifs is 1. The lowest BCUT2D eigenvalue weighted by molar-refractivity contribution is -0.162. The molecule has 4 bridgehead atoms. The number of carbonyl (C=O) groups is 3. The summed E-state index contributed by atoms with van der Waals surface area (Å²) in [7, 11) is 1.44. The average Bonchev–Trinajstić information content (AvgIpc) is 3.71. The van der Waals surface area contributed by atoms with Crippen LogP contribution in [0.3, 0.4) is 0 Å². The van der Waals surface area contributed by atoms with Crippen molar-refractivity contribution < 1.29 is 58.9 Å². The number of amides is 1. The van der Waals surface area contributed by atoms with Gasteiger partial charge in [-0.3, -0.25) is 19.4 Å². The fraction of sp³-hybridized carbons (Fsp3) is 0.587. The molecule has 0 radical (unpaired) electrons. The molecule has 2 aromatic rings. The number of aliphatic hydroxyl groups excluding tert-OH is 2. The summed E-state index contributed by atoms with van der Waals surface area (Å²) in [6.07, 6.45) is 3.30. The number of piperidine rings is 1. The highest BCUT2D eigenvalue weighted by atomic mass is 16.7. The van der Waals surface area contributed by atoms with Gasteiger partial charge in [0.2, 0.25) is 0 Å². The molecule has 338 valence electrons. The molecule has 0 aliphatic carbocycles. The number of esters is 1. The Kier molecular flexibility index (Phi) is 13.1. The second kappa shape index (κ2) is 17.4. The smallest absolute Gasteiger partial charge is 0.312 e. The lowest BCUT2D eigenvalue weighted by atomic mass is 9.77. The number of hydrogen-bond acceptors (Lipinski definition) is 15. The third kappa shape index (κ3) is 8.47. The molecule has 9 atom stereocenters. The van der Waals surface area contributed by atoms with E-state index in [0.29, 0.717) is 37.5 Å². The first-order valence-electron chi connectivity index (χ1n) is 21.3. The monoisotopic (exact) mass is 862 g/mol. The Morgan fingerprint density at radius 1 is 1.02 bits per heavy atom. The van der Waals surface area contributed by atoms with E-state index < -0.39 is 88.4 Å². The van der Waals surface area contributed by atoms with E-state index in [9.17, 15) is 39.9 Å². The number of aromatic hydroxyl groups is 2. The molecule has 4 heterocycles. The molecule has 62 heavy (non-hydrogen) atoms. The van der Waals surface area contributed by atoms with E-state index in [2.05, 4.69) is 29.1 Å². The minimum atomic E-state index is -1.98. The predicted molar refractivity (Wildman–Crippen MR) is 229 cm³/mol. The number of phenolic OH excluding ortho intramolecular Hbond substituents is 2. The molecule has 16 nitrogen and oxygen atoms in total. The van der Waals surface area contributed by atoms with Gasteiger partial charge in [0.15, 0.2) is 5.75 Å². The van der Waals surface area contributed by atoms with Gasteiger partial charge in [-0.1, -0.05) is 52.8 Å². The first-order chi connectivity index (χ1) is 29.0. The van der Waals surface area contributed by atoms with Gasteiger partial charge in [0.1, 0.15) is 39.6 Å². The lowest BCUT2D eigenvalue weighted by Crippen LogP contribution is -2.50. The summed E-state index contributed by atoms with van der Waals surface area (Å²) in [5, 5.41) is 61.8. The van der Waals surface area contributed by atoms with E-state index in [1.807, 2.05) is 0 Å². The van der Waals surface area contributed by atoms with E-state index >= 15 is 0 Å². The highest BCUT2D eigenvalue weighted by Gasteiger charge is 2.51. The minimum Gasteiger partial charge on any atom is -0.507 e. The molecule has 1 fully saturated rings. The Morgan fingerprint density at radius 3 is 2.29 bits per heavy atom. The van der Waals surface area contributed by atoms with Crippen LogP contribution in [0.4, 0.5) is 5.69 Å². The van der Waals surface area contributed by atoms with Gasteiger partial charge in [0, 0.05) is 87.7 Å². The molecule has 4 aliphatic heterocycles. The Hall–Kier alpha value is -4.87. The van der Waals surface area contributed by atoms with Crippen molar-refractivity contribution in [2.75, 3.05) is 32.1 Å². The number of phenols is 2. The molecule has 1 amide bonds. The predicted octanol–water partition coefficient (Wildman–Crippen LogP) is 3.86. The first-order valence-corrected chi connectivity index (χ1v) is 21.3. The highest BCUT2D eigenvalue weighted by Crippen LogP contribution is 2.51. The van der Waals surface area contributed by atoms with Crippen LogP contribution in [-0.4, -0.2) is 116 Å². The summed E-state index contributed by atoms with van der Waals surface area (Å²) in [5.41, 5.74) is -2.25. The number of benzene rings is 2. The van der Waals surface area contributed by atoms with Crippen LogP contribution in [-0.2, 0) is 23.8 Å². The molecule has 9 unspecified atom stereocenters. The number of carbonyl (C=O) groups excluding carboxylic acids is 3. The number of hydrogen-bond donors (Lipinski definition) is 6. The number of allylic oxidation sites excluding steroid dienone is 2. The molecule has 0 saturated carbocycles. The summed E-state index contributed by atoms with van der Waals surface area (Å²) in [6.45, 7) is 18.6. The average molecular weight is 863 g/mol. The summed E-state index contributed by atoms with van der Waals surface area (Å²) < 4.78 is 23.9. The van der Waals surface area contributed by atoms with Crippen LogP contribution in [0, 0.1) is 30.6 Å². The maximum atomic E-state index is 14.7. The third-order valence-corrected chi connectivity index (χ3v) is 13.0. The van der Waals surface area contributed by atoms with Crippen molar-refractivity contribution in [1.29, 1.82) is 0 Å². The summed E-state index contributed by atoms with van der Waals surface area (Å²) in [4.78, 5) is 52.8. The molecule has 6 N–H and O–H groups in total. The Balaban J connectivity index is 1.57. The fourth-order valence-electron chi connectivity index (χ4n) is 9.27. The van der Waals surface area contributed by atoms with Gasteiger partial charge in [0.05, 0.1) is 41.2 Å². The number of ether oxygens (including phenoxy) is 4. The van der Waals surface area contributed by atoms with Crippen molar-refractivity contribution in [2.24, 2.45) is 33.7 Å². The van der Waals surface area contributed by atoms with E-state index in [4.69, 9.17) is 23.9 Å². The van der Waals surface area contributed by atoms with Gasteiger partial charge in [-0.05, 0) is 32.8 Å². The molecule has 1 saturated heterocycles. The number of methoxy groups -OCH3 is 1. The van der Waals surface area contributed by atoms with Gasteiger partial charge in [-0.2, -0.15) is 0 Å². The van der Waals surface area contributed by atoms with Crippen molar-refractivity contribution >= 4 is 34.1 Å². The zero-order valence-electron chi connectivity index (χ0n) is 37.5. The number of nitrogens with one attached hydrogen (secondary N) is 1. The normalized spacial score (nSPS) is 33.5. The minimum absolute atomic E-state index is 0.0287. The molecule has 6 rings (SSSR count). The summed E-state index contributed by atoms with van der Waals surface area (Å²) >= 11 is 0. The number of rotatable bonds is 4. The van der Waals surface area contributed by atoms with Gasteiger partial charge < -0.3 is 54.7 Å². The first kappa shape index (κ1) is 46.6. The summed E-state index contributed by atoms with van der Waals surface area (Å²) in [6, 6.07) is 0. The van der Waals surface area contributed by atoms with Crippen molar-refractivity contribution in [3.63, 3.8) is 0 Å². The molecule has 1 spiro atoms. The standard InChI is InChI=1S/C46H62N4O12/c1-22(2)21-50-18-16-46(17-19-50)48-33-30-31-37(53)26(6)40-32(30)42(56)45(10,62-40)60-20-14-29(59-11)24(4)39(61-28(8)51)25(5)36(52)27(7)41(55)44(9,58)15-12-13-23(3)43(57)47-35(38(31)54)34(33)49-46/h12-15,20,22,24-25,27,29,36,39,41,48,52-55,58H,16-19,21H2,1-11H3/b15-12+,20-14+,23-13-,47-35?. The number of aliphatic hydroxyl groups is 3. The van der Waals surface area contributed by atoms with Crippen LogP contribution in [0.5, 0.6) is 17.2 Å². The van der Waals surface area contributed by atoms with Crippen molar-refractivity contribution in [2.45, 2.75) is 124 Å². The van der Waals surface area contributed by atoms with E-state index in [0.717, 1.165) is 6.54 Å².